The van der Waals surface area contributed by atoms with Crippen LogP contribution in [0.1, 0.15) is 52.1 Å². The van der Waals surface area contributed by atoms with Gasteiger partial charge in [0.25, 0.3) is 5.69 Å². The third-order valence-corrected chi connectivity index (χ3v) is 3.46. The first-order valence-electron chi connectivity index (χ1n) is 7.21. The van der Waals surface area contributed by atoms with Crippen molar-refractivity contribution in [1.82, 2.24) is 4.98 Å². The normalized spacial score (nSPS) is 11.4. The molecule has 0 aliphatic carbocycles. The highest BCUT2D eigenvalue weighted by Crippen LogP contribution is 2.25. The van der Waals surface area contributed by atoms with E-state index in [4.69, 9.17) is 0 Å². The molecule has 1 aromatic heterocycles. The molecule has 0 amide bonds. The third kappa shape index (κ3) is 5.15. The summed E-state index contributed by atoms with van der Waals surface area (Å²) < 4.78 is 0. The van der Waals surface area contributed by atoms with Crippen LogP contribution in [0.5, 0.6) is 0 Å². The molecule has 0 saturated carbocycles. The molecule has 0 aliphatic rings. The topological polar surface area (TPSA) is 68.1 Å². The summed E-state index contributed by atoms with van der Waals surface area (Å²) in [5, 5.41) is 14.0. The summed E-state index contributed by atoms with van der Waals surface area (Å²) in [5.74, 6) is 0.705. The Balaban J connectivity index is 2.57. The molecular weight excluding hydrogens is 254 g/mol. The first kappa shape index (κ1) is 16.4. The summed E-state index contributed by atoms with van der Waals surface area (Å²) in [4.78, 5) is 14.6. The number of nitrogens with zero attached hydrogens (tertiary/aromatic N) is 2. The van der Waals surface area contributed by atoms with E-state index in [9.17, 15) is 10.1 Å². The van der Waals surface area contributed by atoms with Crippen molar-refractivity contribution in [2.45, 2.75) is 53.4 Å². The molecule has 1 N–H and O–H groups in total. The third-order valence-electron chi connectivity index (χ3n) is 3.46. The highest BCUT2D eigenvalue weighted by molar-refractivity contribution is 5.44. The lowest BCUT2D eigenvalue weighted by Gasteiger charge is -2.25. The van der Waals surface area contributed by atoms with Gasteiger partial charge in [0.15, 0.2) is 0 Å². The smallest absolute Gasteiger partial charge is 0.290 e. The Labute approximate surface area is 121 Å². The van der Waals surface area contributed by atoms with Gasteiger partial charge in [-0.15, -0.1) is 0 Å². The van der Waals surface area contributed by atoms with Crippen LogP contribution in [0.25, 0.3) is 0 Å². The Morgan fingerprint density at radius 3 is 2.60 bits per heavy atom. The van der Waals surface area contributed by atoms with Crippen molar-refractivity contribution in [3.8, 4) is 0 Å². The number of aryl methyl sites for hydroxylation is 1. The zero-order valence-corrected chi connectivity index (χ0v) is 12.9. The average molecular weight is 279 g/mol. The number of hydrogen-bond donors (Lipinski definition) is 1. The molecule has 0 aromatic carbocycles. The van der Waals surface area contributed by atoms with E-state index in [1.165, 1.54) is 31.7 Å². The van der Waals surface area contributed by atoms with Crippen molar-refractivity contribution in [3.63, 3.8) is 0 Å². The van der Waals surface area contributed by atoms with Crippen LogP contribution in [-0.2, 0) is 0 Å². The molecule has 0 fully saturated rings. The Hall–Kier alpha value is -1.65. The number of hydrogen-bond acceptors (Lipinski definition) is 4. The summed E-state index contributed by atoms with van der Waals surface area (Å²) in [7, 11) is 0. The van der Waals surface area contributed by atoms with Crippen LogP contribution in [0, 0.1) is 22.5 Å². The second-order valence-electron chi connectivity index (χ2n) is 6.03. The maximum atomic E-state index is 10.7. The molecule has 1 aromatic rings. The summed E-state index contributed by atoms with van der Waals surface area (Å²) in [6, 6.07) is 3.18. The van der Waals surface area contributed by atoms with Gasteiger partial charge < -0.3 is 5.32 Å². The molecule has 1 heterocycles. The van der Waals surface area contributed by atoms with Gasteiger partial charge in [0.1, 0.15) is 11.5 Å². The lowest BCUT2D eigenvalue weighted by atomic mass is 9.87. The van der Waals surface area contributed by atoms with E-state index in [1.807, 2.05) is 0 Å². The molecule has 20 heavy (non-hydrogen) atoms. The summed E-state index contributed by atoms with van der Waals surface area (Å²) in [5.41, 5.74) is 0.716. The molecule has 0 radical (unpaired) electrons. The maximum absolute atomic E-state index is 10.7. The van der Waals surface area contributed by atoms with Gasteiger partial charge in [-0.3, -0.25) is 10.1 Å². The number of unbranched alkanes of at least 4 members (excludes halogenated alkanes) is 2. The number of nitro groups is 1. The maximum Gasteiger partial charge on any atom is 0.290 e. The van der Waals surface area contributed by atoms with Gasteiger partial charge >= 0.3 is 0 Å². The Morgan fingerprint density at radius 1 is 1.35 bits per heavy atom. The van der Waals surface area contributed by atoms with Crippen LogP contribution >= 0.6 is 0 Å². The van der Waals surface area contributed by atoms with E-state index in [0.29, 0.717) is 11.5 Å². The number of rotatable bonds is 8. The molecule has 0 atom stereocenters. The van der Waals surface area contributed by atoms with Crippen molar-refractivity contribution < 1.29 is 4.92 Å². The zero-order chi connectivity index (χ0) is 15.2. The van der Waals surface area contributed by atoms with Crippen LogP contribution in [0.4, 0.5) is 11.5 Å². The second kappa shape index (κ2) is 7.22. The van der Waals surface area contributed by atoms with Crippen molar-refractivity contribution in [2.24, 2.45) is 5.41 Å². The fourth-order valence-electron chi connectivity index (χ4n) is 2.12. The van der Waals surface area contributed by atoms with E-state index in [-0.39, 0.29) is 11.1 Å². The first-order valence-corrected chi connectivity index (χ1v) is 7.21. The van der Waals surface area contributed by atoms with Crippen LogP contribution < -0.4 is 5.32 Å². The lowest BCUT2D eigenvalue weighted by molar-refractivity contribution is -0.385. The van der Waals surface area contributed by atoms with Gasteiger partial charge in [-0.05, 0) is 24.8 Å². The molecular formula is C15H25N3O2. The summed E-state index contributed by atoms with van der Waals surface area (Å²) in [6.07, 6.45) is 4.89. The quantitative estimate of drug-likeness (QED) is 0.437. The molecule has 0 bridgehead atoms. The van der Waals surface area contributed by atoms with E-state index in [2.05, 4.69) is 31.1 Å². The van der Waals surface area contributed by atoms with E-state index in [1.54, 1.807) is 13.0 Å². The number of anilines is 1. The van der Waals surface area contributed by atoms with Crippen LogP contribution in [-0.4, -0.2) is 16.5 Å². The van der Waals surface area contributed by atoms with Crippen LogP contribution in [0.3, 0.4) is 0 Å². The number of aromatic nitrogens is 1. The fourth-order valence-corrected chi connectivity index (χ4v) is 2.12. The predicted molar refractivity (Wildman–Crippen MR) is 82.0 cm³/mol. The summed E-state index contributed by atoms with van der Waals surface area (Å²) in [6.45, 7) is 9.15. The lowest BCUT2D eigenvalue weighted by Crippen LogP contribution is -2.23. The molecule has 0 spiro atoms. The molecule has 5 heteroatoms. The Morgan fingerprint density at radius 2 is 2.05 bits per heavy atom. The molecule has 5 nitrogen and oxygen atoms in total. The van der Waals surface area contributed by atoms with Gasteiger partial charge in [0.05, 0.1) is 4.92 Å². The molecule has 0 saturated heterocycles. The average Bonchev–Trinajstić information content (AvgIpc) is 2.36. The highest BCUT2D eigenvalue weighted by Gasteiger charge is 2.18. The van der Waals surface area contributed by atoms with Gasteiger partial charge in [-0.25, -0.2) is 4.98 Å². The summed E-state index contributed by atoms with van der Waals surface area (Å²) >= 11 is 0. The van der Waals surface area contributed by atoms with E-state index in [0.717, 1.165) is 6.54 Å². The Kier molecular flexibility index (Phi) is 5.92. The standard InChI is InChI=1S/C15H25N3O2/c1-5-6-7-10-15(3,4)11-16-14-9-8-13(18(19)20)12(2)17-14/h8-9H,5-7,10-11H2,1-4H3,(H,16,17). The van der Waals surface area contributed by atoms with Gasteiger partial charge in [-0.2, -0.15) is 0 Å². The van der Waals surface area contributed by atoms with E-state index < -0.39 is 4.92 Å². The van der Waals surface area contributed by atoms with Crippen molar-refractivity contribution in [1.29, 1.82) is 0 Å². The van der Waals surface area contributed by atoms with Crippen LogP contribution in [0.2, 0.25) is 0 Å². The minimum Gasteiger partial charge on any atom is -0.370 e. The fraction of sp³-hybridized carbons (Fsp3) is 0.667. The monoisotopic (exact) mass is 279 g/mol. The minimum atomic E-state index is -0.402. The van der Waals surface area contributed by atoms with Gasteiger partial charge in [-0.1, -0.05) is 40.0 Å². The van der Waals surface area contributed by atoms with Gasteiger partial charge in [0.2, 0.25) is 0 Å². The molecule has 0 unspecified atom stereocenters. The largest absolute Gasteiger partial charge is 0.370 e. The minimum absolute atomic E-state index is 0.0674. The van der Waals surface area contributed by atoms with Crippen molar-refractivity contribution in [3.05, 3.63) is 27.9 Å². The number of pyridine rings is 1. The van der Waals surface area contributed by atoms with Gasteiger partial charge in [0, 0.05) is 12.6 Å². The SMILES string of the molecule is CCCCCC(C)(C)CNc1ccc([N+](=O)[O-])c(C)n1. The molecule has 1 rings (SSSR count). The van der Waals surface area contributed by atoms with Crippen LogP contribution in [0.15, 0.2) is 12.1 Å². The van der Waals surface area contributed by atoms with Crippen molar-refractivity contribution >= 4 is 11.5 Å². The second-order valence-corrected chi connectivity index (χ2v) is 6.03. The van der Waals surface area contributed by atoms with E-state index >= 15 is 0 Å². The molecule has 0 aliphatic heterocycles. The number of nitrogens with one attached hydrogen (secondary N) is 1. The molecule has 112 valence electrons. The van der Waals surface area contributed by atoms with Crippen molar-refractivity contribution in [2.75, 3.05) is 11.9 Å². The highest BCUT2D eigenvalue weighted by atomic mass is 16.6. The zero-order valence-electron chi connectivity index (χ0n) is 12.9. The predicted octanol–water partition coefficient (Wildman–Crippen LogP) is 4.32. The first-order chi connectivity index (χ1) is 9.35. The Bertz CT molecular complexity index is 458.